The van der Waals surface area contributed by atoms with Crippen LogP contribution in [0, 0.1) is 11.8 Å². The number of aromatic amines is 1. The van der Waals surface area contributed by atoms with Gasteiger partial charge in [0, 0.05) is 11.7 Å². The predicted octanol–water partition coefficient (Wildman–Crippen LogP) is 2.98. The van der Waals surface area contributed by atoms with E-state index in [0.717, 1.165) is 6.42 Å². The fourth-order valence-electron chi connectivity index (χ4n) is 1.80. The standard InChI is InChI=1S/C8H7N.C6H10O2/c1-2-4-8-7(3-1)5-6-9-8;1-4-3-5(4)6(7)8-2/h1-6,9H;4-5H,3H2,1-2H3/t;4?,5-/m.0/s1. The number of fused-ring (bicyclic) bond motifs is 1. The average molecular weight is 231 g/mol. The van der Waals surface area contributed by atoms with Crippen LogP contribution in [0.2, 0.25) is 0 Å². The second-order valence-electron chi connectivity index (χ2n) is 4.41. The van der Waals surface area contributed by atoms with Gasteiger partial charge < -0.3 is 9.72 Å². The molecule has 1 saturated carbocycles. The Kier molecular flexibility index (Phi) is 3.47. The summed E-state index contributed by atoms with van der Waals surface area (Å²) in [6, 6.07) is 10.3. The summed E-state index contributed by atoms with van der Waals surface area (Å²) in [4.78, 5) is 13.7. The molecule has 0 bridgehead atoms. The summed E-state index contributed by atoms with van der Waals surface area (Å²) in [6.45, 7) is 2.06. The Bertz CT molecular complexity index is 473. The highest BCUT2D eigenvalue weighted by Crippen LogP contribution is 2.38. The van der Waals surface area contributed by atoms with E-state index in [1.807, 2.05) is 18.3 Å². The number of carbonyl (C=O) groups excluding carboxylic acids is 1. The Morgan fingerprint density at radius 1 is 1.35 bits per heavy atom. The molecular weight excluding hydrogens is 214 g/mol. The van der Waals surface area contributed by atoms with Crippen LogP contribution in [0.5, 0.6) is 0 Å². The van der Waals surface area contributed by atoms with Crippen molar-refractivity contribution in [2.24, 2.45) is 11.8 Å². The van der Waals surface area contributed by atoms with Crippen molar-refractivity contribution in [3.8, 4) is 0 Å². The van der Waals surface area contributed by atoms with E-state index in [1.54, 1.807) is 0 Å². The van der Waals surface area contributed by atoms with E-state index in [1.165, 1.54) is 18.0 Å². The first-order valence-electron chi connectivity index (χ1n) is 5.82. The fourth-order valence-corrected chi connectivity index (χ4v) is 1.80. The van der Waals surface area contributed by atoms with Crippen LogP contribution in [0.1, 0.15) is 13.3 Å². The van der Waals surface area contributed by atoms with Crippen molar-refractivity contribution in [1.29, 1.82) is 0 Å². The third kappa shape index (κ3) is 2.87. The molecule has 0 saturated heterocycles. The van der Waals surface area contributed by atoms with Gasteiger partial charge in [-0.1, -0.05) is 25.1 Å². The molecule has 2 atom stereocenters. The lowest BCUT2D eigenvalue weighted by atomic mass is 10.3. The number of H-pyrrole nitrogens is 1. The second kappa shape index (κ2) is 5.04. The number of methoxy groups -OCH3 is 1. The Labute approximate surface area is 101 Å². The summed E-state index contributed by atoms with van der Waals surface area (Å²) in [6.07, 6.45) is 2.97. The first-order chi connectivity index (χ1) is 8.22. The Morgan fingerprint density at radius 2 is 2.06 bits per heavy atom. The maximum atomic E-state index is 10.6. The predicted molar refractivity (Wildman–Crippen MR) is 67.6 cm³/mol. The molecule has 1 aliphatic rings. The number of carbonyl (C=O) groups is 1. The molecule has 0 spiro atoms. The van der Waals surface area contributed by atoms with Crippen LogP contribution >= 0.6 is 0 Å². The number of aromatic nitrogens is 1. The topological polar surface area (TPSA) is 42.1 Å². The minimum absolute atomic E-state index is 0.0440. The average Bonchev–Trinajstić information content (AvgIpc) is 2.92. The summed E-state index contributed by atoms with van der Waals surface area (Å²) < 4.78 is 4.51. The summed E-state index contributed by atoms with van der Waals surface area (Å²) in [5.74, 6) is 0.750. The first-order valence-corrected chi connectivity index (χ1v) is 5.82. The number of ether oxygens (including phenoxy) is 1. The number of para-hydroxylation sites is 1. The van der Waals surface area contributed by atoms with E-state index >= 15 is 0 Å². The van der Waals surface area contributed by atoms with Gasteiger partial charge in [-0.05, 0) is 29.9 Å². The highest BCUT2D eigenvalue weighted by molar-refractivity contribution is 5.78. The van der Waals surface area contributed by atoms with E-state index in [-0.39, 0.29) is 11.9 Å². The normalized spacial score (nSPS) is 21.5. The lowest BCUT2D eigenvalue weighted by Crippen LogP contribution is -2.02. The molecule has 1 aliphatic carbocycles. The Balaban J connectivity index is 0.000000128. The van der Waals surface area contributed by atoms with Gasteiger partial charge in [0.1, 0.15) is 0 Å². The molecule has 3 rings (SSSR count). The molecule has 1 heterocycles. The molecule has 1 unspecified atom stereocenters. The van der Waals surface area contributed by atoms with Gasteiger partial charge in [-0.25, -0.2) is 0 Å². The minimum atomic E-state index is -0.0440. The molecule has 0 radical (unpaired) electrons. The summed E-state index contributed by atoms with van der Waals surface area (Å²) in [7, 11) is 1.44. The highest BCUT2D eigenvalue weighted by atomic mass is 16.5. The van der Waals surface area contributed by atoms with E-state index in [9.17, 15) is 4.79 Å². The van der Waals surface area contributed by atoms with Crippen molar-refractivity contribution >= 4 is 16.9 Å². The summed E-state index contributed by atoms with van der Waals surface area (Å²) >= 11 is 0. The zero-order valence-corrected chi connectivity index (χ0v) is 10.1. The number of hydrogen-bond acceptors (Lipinski definition) is 2. The number of rotatable bonds is 1. The molecule has 1 fully saturated rings. The molecule has 1 aromatic heterocycles. The lowest BCUT2D eigenvalue weighted by molar-refractivity contribution is -0.142. The van der Waals surface area contributed by atoms with Crippen LogP contribution in [0.25, 0.3) is 10.9 Å². The maximum Gasteiger partial charge on any atom is 0.308 e. The van der Waals surface area contributed by atoms with Gasteiger partial charge in [0.2, 0.25) is 0 Å². The van der Waals surface area contributed by atoms with Crippen LogP contribution in [0.3, 0.4) is 0 Å². The molecular formula is C14H17NO2. The molecule has 3 heteroatoms. The molecule has 0 amide bonds. The molecule has 17 heavy (non-hydrogen) atoms. The fraction of sp³-hybridized carbons (Fsp3) is 0.357. The van der Waals surface area contributed by atoms with Crippen LogP contribution in [0.15, 0.2) is 36.5 Å². The highest BCUT2D eigenvalue weighted by Gasteiger charge is 2.39. The Morgan fingerprint density at radius 3 is 2.59 bits per heavy atom. The minimum Gasteiger partial charge on any atom is -0.469 e. The second-order valence-corrected chi connectivity index (χ2v) is 4.41. The SMILES string of the molecule is COC(=O)[C@H]1CC1C.c1ccc2[nH]ccc2c1. The van der Waals surface area contributed by atoms with Crippen LogP contribution in [0.4, 0.5) is 0 Å². The van der Waals surface area contributed by atoms with Gasteiger partial charge in [-0.3, -0.25) is 4.79 Å². The summed E-state index contributed by atoms with van der Waals surface area (Å²) in [5.41, 5.74) is 1.21. The molecule has 1 aromatic carbocycles. The smallest absolute Gasteiger partial charge is 0.308 e. The third-order valence-corrected chi connectivity index (χ3v) is 3.08. The van der Waals surface area contributed by atoms with E-state index in [0.29, 0.717) is 5.92 Å². The number of nitrogens with one attached hydrogen (secondary N) is 1. The van der Waals surface area contributed by atoms with Gasteiger partial charge in [-0.2, -0.15) is 0 Å². The van der Waals surface area contributed by atoms with Gasteiger partial charge >= 0.3 is 5.97 Å². The zero-order chi connectivity index (χ0) is 12.3. The molecule has 2 aromatic rings. The maximum absolute atomic E-state index is 10.6. The van der Waals surface area contributed by atoms with Crippen molar-refractivity contribution in [2.75, 3.05) is 7.11 Å². The van der Waals surface area contributed by atoms with E-state index in [2.05, 4.69) is 34.8 Å². The largest absolute Gasteiger partial charge is 0.469 e. The molecule has 3 nitrogen and oxygen atoms in total. The monoisotopic (exact) mass is 231 g/mol. The van der Waals surface area contributed by atoms with E-state index in [4.69, 9.17) is 0 Å². The van der Waals surface area contributed by atoms with Crippen molar-refractivity contribution in [1.82, 2.24) is 4.98 Å². The van der Waals surface area contributed by atoms with Gasteiger partial charge in [0.15, 0.2) is 0 Å². The molecule has 0 aliphatic heterocycles. The van der Waals surface area contributed by atoms with Gasteiger partial charge in [-0.15, -0.1) is 0 Å². The van der Waals surface area contributed by atoms with Crippen molar-refractivity contribution in [3.63, 3.8) is 0 Å². The van der Waals surface area contributed by atoms with Crippen molar-refractivity contribution in [2.45, 2.75) is 13.3 Å². The first kappa shape index (κ1) is 11.7. The van der Waals surface area contributed by atoms with Crippen LogP contribution in [-0.4, -0.2) is 18.1 Å². The van der Waals surface area contributed by atoms with Crippen molar-refractivity contribution in [3.05, 3.63) is 36.5 Å². The molecule has 90 valence electrons. The molecule has 1 N–H and O–H groups in total. The van der Waals surface area contributed by atoms with Gasteiger partial charge in [0.25, 0.3) is 0 Å². The lowest BCUT2D eigenvalue weighted by Gasteiger charge is -1.91. The van der Waals surface area contributed by atoms with Crippen LogP contribution in [-0.2, 0) is 9.53 Å². The number of benzene rings is 1. The third-order valence-electron chi connectivity index (χ3n) is 3.08. The number of hydrogen-bond donors (Lipinski definition) is 1. The quantitative estimate of drug-likeness (QED) is 0.767. The van der Waals surface area contributed by atoms with Crippen molar-refractivity contribution < 1.29 is 9.53 Å². The van der Waals surface area contributed by atoms with Gasteiger partial charge in [0.05, 0.1) is 13.0 Å². The number of esters is 1. The summed E-state index contributed by atoms with van der Waals surface area (Å²) in [5, 5.41) is 1.28. The van der Waals surface area contributed by atoms with Crippen LogP contribution < -0.4 is 0 Å². The zero-order valence-electron chi connectivity index (χ0n) is 10.1. The van der Waals surface area contributed by atoms with E-state index < -0.39 is 0 Å². The Hall–Kier alpha value is -1.77.